The van der Waals surface area contributed by atoms with Crippen LogP contribution in [0.3, 0.4) is 0 Å². The number of furan rings is 1. The van der Waals surface area contributed by atoms with Crippen LogP contribution in [0.25, 0.3) is 6.08 Å². The van der Waals surface area contributed by atoms with E-state index in [1.54, 1.807) is 36.4 Å². The molecule has 2 aromatic heterocycles. The molecule has 2 heterocycles. The molecule has 0 bridgehead atoms. The fraction of sp³-hybridized carbons (Fsp3) is 0.143. The van der Waals surface area contributed by atoms with Crippen molar-refractivity contribution >= 4 is 23.6 Å². The van der Waals surface area contributed by atoms with Crippen LogP contribution in [-0.2, 0) is 25.4 Å². The lowest BCUT2D eigenvalue weighted by atomic mass is 10.2. The molecule has 0 radical (unpaired) electrons. The summed E-state index contributed by atoms with van der Waals surface area (Å²) in [6.45, 7) is 0.221. The van der Waals surface area contributed by atoms with Crippen LogP contribution in [0.4, 0.5) is 5.69 Å². The van der Waals surface area contributed by atoms with E-state index >= 15 is 0 Å². The van der Waals surface area contributed by atoms with E-state index in [1.165, 1.54) is 43.3 Å². The molecule has 0 spiro atoms. The Kier molecular flexibility index (Phi) is 6.11. The predicted octanol–water partition coefficient (Wildman–Crippen LogP) is 1.26. The Bertz CT molecular complexity index is 1220. The third kappa shape index (κ3) is 4.82. The zero-order valence-corrected chi connectivity index (χ0v) is 16.4. The standard InChI is InChI=1S/C21H20N4O5/c1-24-13-15(20(28)25(2)21(24)29)8-9-18(26)22-12-14-5-3-6-16(11-14)23-19(27)17-7-4-10-30-17/h3-11,13H,12H2,1-2H3,(H,22,26)(H,23,27)/b9-8+. The van der Waals surface area contributed by atoms with Crippen molar-refractivity contribution in [3.8, 4) is 0 Å². The highest BCUT2D eigenvalue weighted by atomic mass is 16.3. The van der Waals surface area contributed by atoms with Gasteiger partial charge in [0.15, 0.2) is 5.76 Å². The summed E-state index contributed by atoms with van der Waals surface area (Å²) in [7, 11) is 2.90. The summed E-state index contributed by atoms with van der Waals surface area (Å²) in [6, 6.07) is 10.2. The normalized spacial score (nSPS) is 10.9. The number of amides is 2. The maximum atomic E-state index is 12.1. The molecule has 30 heavy (non-hydrogen) atoms. The monoisotopic (exact) mass is 408 g/mol. The molecular formula is C21H20N4O5. The minimum atomic E-state index is -0.484. The van der Waals surface area contributed by atoms with Gasteiger partial charge in [-0.2, -0.15) is 0 Å². The Morgan fingerprint density at radius 3 is 2.67 bits per heavy atom. The molecule has 0 saturated carbocycles. The first-order valence-electron chi connectivity index (χ1n) is 9.01. The lowest BCUT2D eigenvalue weighted by molar-refractivity contribution is -0.116. The third-order valence-electron chi connectivity index (χ3n) is 4.28. The highest BCUT2D eigenvalue weighted by Gasteiger charge is 2.09. The van der Waals surface area contributed by atoms with Crippen LogP contribution in [0.5, 0.6) is 0 Å². The van der Waals surface area contributed by atoms with Gasteiger partial charge in [0.1, 0.15) is 0 Å². The molecule has 2 N–H and O–H groups in total. The van der Waals surface area contributed by atoms with Crippen LogP contribution < -0.4 is 21.9 Å². The second kappa shape index (κ2) is 8.91. The Hall–Kier alpha value is -4.14. The van der Waals surface area contributed by atoms with Gasteiger partial charge in [0.25, 0.3) is 11.5 Å². The van der Waals surface area contributed by atoms with Crippen molar-refractivity contribution in [3.05, 3.63) is 92.7 Å². The van der Waals surface area contributed by atoms with E-state index in [9.17, 15) is 19.2 Å². The number of aryl methyl sites for hydroxylation is 1. The molecule has 9 heteroatoms. The fourth-order valence-electron chi connectivity index (χ4n) is 2.72. The number of nitrogens with zero attached hydrogens (tertiary/aromatic N) is 2. The topological polar surface area (TPSA) is 115 Å². The molecule has 1 aromatic carbocycles. The SMILES string of the molecule is Cn1cc(/C=C/C(=O)NCc2cccc(NC(=O)c3ccco3)c2)c(=O)n(C)c1=O. The van der Waals surface area contributed by atoms with Gasteiger partial charge in [-0.05, 0) is 35.9 Å². The van der Waals surface area contributed by atoms with Crippen molar-refractivity contribution in [1.29, 1.82) is 0 Å². The Morgan fingerprint density at radius 2 is 1.93 bits per heavy atom. The van der Waals surface area contributed by atoms with Crippen molar-refractivity contribution < 1.29 is 14.0 Å². The van der Waals surface area contributed by atoms with Gasteiger partial charge in [0.2, 0.25) is 5.91 Å². The average Bonchev–Trinajstić information content (AvgIpc) is 3.28. The highest BCUT2D eigenvalue weighted by Crippen LogP contribution is 2.12. The van der Waals surface area contributed by atoms with Gasteiger partial charge in [-0.1, -0.05) is 12.1 Å². The van der Waals surface area contributed by atoms with Crippen LogP contribution in [-0.4, -0.2) is 20.9 Å². The Balaban J connectivity index is 1.61. The zero-order chi connectivity index (χ0) is 21.7. The second-order valence-corrected chi connectivity index (χ2v) is 6.53. The quantitative estimate of drug-likeness (QED) is 0.596. The van der Waals surface area contributed by atoms with E-state index in [0.29, 0.717) is 5.69 Å². The van der Waals surface area contributed by atoms with Crippen LogP contribution in [0.2, 0.25) is 0 Å². The van der Waals surface area contributed by atoms with Gasteiger partial charge in [0, 0.05) is 38.6 Å². The van der Waals surface area contributed by atoms with Gasteiger partial charge in [-0.25, -0.2) is 4.79 Å². The first kappa shape index (κ1) is 20.6. The maximum absolute atomic E-state index is 12.1. The number of aromatic nitrogens is 2. The van der Waals surface area contributed by atoms with E-state index in [1.807, 2.05) is 0 Å². The minimum Gasteiger partial charge on any atom is -0.459 e. The molecule has 0 atom stereocenters. The fourth-order valence-corrected chi connectivity index (χ4v) is 2.72. The Labute approximate surface area is 171 Å². The van der Waals surface area contributed by atoms with Crippen LogP contribution in [0.1, 0.15) is 21.7 Å². The van der Waals surface area contributed by atoms with Crippen LogP contribution in [0.15, 0.2) is 68.9 Å². The van der Waals surface area contributed by atoms with Crippen LogP contribution in [0, 0.1) is 0 Å². The van der Waals surface area contributed by atoms with E-state index < -0.39 is 17.2 Å². The summed E-state index contributed by atoms with van der Waals surface area (Å²) in [5.41, 5.74) is 0.625. The summed E-state index contributed by atoms with van der Waals surface area (Å²) in [4.78, 5) is 47.9. The van der Waals surface area contributed by atoms with Crippen molar-refractivity contribution in [2.24, 2.45) is 14.1 Å². The van der Waals surface area contributed by atoms with Gasteiger partial charge >= 0.3 is 5.69 Å². The van der Waals surface area contributed by atoms with Crippen LogP contribution >= 0.6 is 0 Å². The average molecular weight is 408 g/mol. The van der Waals surface area contributed by atoms with E-state index in [0.717, 1.165) is 10.1 Å². The summed E-state index contributed by atoms with van der Waals surface area (Å²) in [5, 5.41) is 5.42. The number of rotatable bonds is 6. The minimum absolute atomic E-state index is 0.198. The molecule has 9 nitrogen and oxygen atoms in total. The lowest BCUT2D eigenvalue weighted by Crippen LogP contribution is -2.37. The summed E-state index contributed by atoms with van der Waals surface area (Å²) in [6.07, 6.45) is 5.37. The van der Waals surface area contributed by atoms with Gasteiger partial charge < -0.3 is 19.6 Å². The molecule has 0 aliphatic carbocycles. The first-order chi connectivity index (χ1) is 14.3. The molecule has 0 saturated heterocycles. The number of hydrogen-bond donors (Lipinski definition) is 2. The number of nitrogens with one attached hydrogen (secondary N) is 2. The summed E-state index contributed by atoms with van der Waals surface area (Å²) < 4.78 is 7.29. The number of benzene rings is 1. The molecule has 0 aliphatic rings. The molecule has 0 fully saturated rings. The lowest BCUT2D eigenvalue weighted by Gasteiger charge is -2.07. The second-order valence-electron chi connectivity index (χ2n) is 6.53. The van der Waals surface area contributed by atoms with E-state index in [4.69, 9.17) is 4.42 Å². The maximum Gasteiger partial charge on any atom is 0.330 e. The molecule has 2 amide bonds. The molecule has 3 aromatic rings. The van der Waals surface area contributed by atoms with Crippen molar-refractivity contribution in [3.63, 3.8) is 0 Å². The summed E-state index contributed by atoms with van der Waals surface area (Å²) in [5.74, 6) is -0.581. The smallest absolute Gasteiger partial charge is 0.330 e. The molecular weight excluding hydrogens is 388 g/mol. The number of carbonyl (C=O) groups excluding carboxylic acids is 2. The Morgan fingerprint density at radius 1 is 1.13 bits per heavy atom. The first-order valence-corrected chi connectivity index (χ1v) is 9.01. The van der Waals surface area contributed by atoms with Gasteiger partial charge in [0.05, 0.1) is 11.8 Å². The van der Waals surface area contributed by atoms with Gasteiger partial charge in [-0.15, -0.1) is 0 Å². The molecule has 0 unspecified atom stereocenters. The van der Waals surface area contributed by atoms with Gasteiger partial charge in [-0.3, -0.25) is 19.0 Å². The van der Waals surface area contributed by atoms with Crippen molar-refractivity contribution in [2.75, 3.05) is 5.32 Å². The number of hydrogen-bond acceptors (Lipinski definition) is 5. The van der Waals surface area contributed by atoms with Crippen molar-refractivity contribution in [2.45, 2.75) is 6.54 Å². The zero-order valence-electron chi connectivity index (χ0n) is 16.4. The molecule has 3 rings (SSSR count). The third-order valence-corrected chi connectivity index (χ3v) is 4.28. The number of anilines is 1. The van der Waals surface area contributed by atoms with E-state index in [-0.39, 0.29) is 23.8 Å². The highest BCUT2D eigenvalue weighted by molar-refractivity contribution is 6.02. The van der Waals surface area contributed by atoms with Crippen molar-refractivity contribution in [1.82, 2.24) is 14.5 Å². The van der Waals surface area contributed by atoms with E-state index in [2.05, 4.69) is 10.6 Å². The number of carbonyl (C=O) groups is 2. The predicted molar refractivity (Wildman–Crippen MR) is 111 cm³/mol. The molecule has 154 valence electrons. The largest absolute Gasteiger partial charge is 0.459 e. The molecule has 0 aliphatic heterocycles. The summed E-state index contributed by atoms with van der Waals surface area (Å²) >= 11 is 0.